The molecule has 0 bridgehead atoms. The summed E-state index contributed by atoms with van der Waals surface area (Å²) in [4.78, 5) is 55.5. The molecule has 10 heteroatoms. The largest absolute Gasteiger partial charge is 0.455 e. The fourth-order valence-electron chi connectivity index (χ4n) is 4.10. The van der Waals surface area contributed by atoms with E-state index >= 15 is 0 Å². The fraction of sp³-hybridized carbons (Fsp3) is 0.417. The second-order valence-corrected chi connectivity index (χ2v) is 9.26. The summed E-state index contributed by atoms with van der Waals surface area (Å²) in [5.41, 5.74) is 0.722. The monoisotopic (exact) mass is 484 g/mol. The molecule has 1 N–H and O–H groups in total. The number of ether oxygens (including phenoxy) is 1. The van der Waals surface area contributed by atoms with Crippen LogP contribution in [0.2, 0.25) is 0 Å². The van der Waals surface area contributed by atoms with Gasteiger partial charge in [0.25, 0.3) is 11.8 Å². The predicted octanol–water partition coefficient (Wildman–Crippen LogP) is 2.52. The fourth-order valence-corrected chi connectivity index (χ4v) is 4.79. The number of benzene rings is 1. The number of carbonyl (C=O) groups is 4. The Morgan fingerprint density at radius 2 is 1.53 bits per heavy atom. The molecule has 9 nitrogen and oxygen atoms in total. The summed E-state index contributed by atoms with van der Waals surface area (Å²) in [5, 5.41) is 4.71. The lowest BCUT2D eigenvalue weighted by Crippen LogP contribution is -2.52. The molecule has 3 heterocycles. The quantitative estimate of drug-likeness (QED) is 0.658. The first-order valence-corrected chi connectivity index (χ1v) is 12.3. The number of piperazine rings is 1. The molecular formula is C24H28N4O5S. The van der Waals surface area contributed by atoms with Crippen LogP contribution < -0.4 is 5.32 Å². The maximum absolute atomic E-state index is 12.5. The van der Waals surface area contributed by atoms with Gasteiger partial charge in [0, 0.05) is 45.0 Å². The summed E-state index contributed by atoms with van der Waals surface area (Å²) in [7, 11) is 0. The molecule has 1 aromatic heterocycles. The molecule has 0 spiro atoms. The van der Waals surface area contributed by atoms with Crippen LogP contribution in [-0.4, -0.2) is 84.4 Å². The summed E-state index contributed by atoms with van der Waals surface area (Å²) in [6.45, 7) is 2.30. The summed E-state index contributed by atoms with van der Waals surface area (Å²) < 4.78 is 5.29. The minimum absolute atomic E-state index is 0.00594. The van der Waals surface area contributed by atoms with Crippen molar-refractivity contribution in [1.82, 2.24) is 14.7 Å². The molecule has 0 aliphatic carbocycles. The summed E-state index contributed by atoms with van der Waals surface area (Å²) in [5.74, 6) is -0.966. The molecular weight excluding hydrogens is 456 g/mol. The summed E-state index contributed by atoms with van der Waals surface area (Å²) in [6.07, 6.45) is 1.05. The molecule has 2 aromatic rings. The van der Waals surface area contributed by atoms with Crippen LogP contribution in [0, 0.1) is 5.92 Å². The third-order valence-electron chi connectivity index (χ3n) is 6.13. The van der Waals surface area contributed by atoms with Gasteiger partial charge in [-0.25, -0.2) is 4.79 Å². The van der Waals surface area contributed by atoms with Gasteiger partial charge in [0.15, 0.2) is 6.61 Å². The van der Waals surface area contributed by atoms with Gasteiger partial charge < -0.3 is 24.8 Å². The molecule has 0 saturated carbocycles. The summed E-state index contributed by atoms with van der Waals surface area (Å²) >= 11 is 1.41. The average Bonchev–Trinajstić information content (AvgIpc) is 3.42. The number of rotatable bonds is 5. The normalized spacial score (nSPS) is 16.8. The number of nitrogens with one attached hydrogen (secondary N) is 1. The topological polar surface area (TPSA) is 99.3 Å². The van der Waals surface area contributed by atoms with Crippen LogP contribution in [0.25, 0.3) is 0 Å². The van der Waals surface area contributed by atoms with Gasteiger partial charge in [0.2, 0.25) is 0 Å². The van der Waals surface area contributed by atoms with Crippen molar-refractivity contribution in [3.8, 4) is 0 Å². The first-order valence-electron chi connectivity index (χ1n) is 11.4. The number of thiophene rings is 1. The lowest BCUT2D eigenvalue weighted by molar-refractivity contribution is -0.157. The van der Waals surface area contributed by atoms with E-state index in [1.807, 2.05) is 41.8 Å². The Morgan fingerprint density at radius 1 is 0.853 bits per heavy atom. The molecule has 2 fully saturated rings. The van der Waals surface area contributed by atoms with Crippen molar-refractivity contribution < 1.29 is 23.9 Å². The number of para-hydroxylation sites is 1. The molecule has 2 aliphatic heterocycles. The zero-order valence-electron chi connectivity index (χ0n) is 18.9. The van der Waals surface area contributed by atoms with Crippen molar-refractivity contribution in [2.75, 3.05) is 51.2 Å². The molecule has 0 atom stereocenters. The molecule has 4 amide bonds. The second-order valence-electron chi connectivity index (χ2n) is 8.32. The van der Waals surface area contributed by atoms with Gasteiger partial charge in [-0.3, -0.25) is 14.4 Å². The van der Waals surface area contributed by atoms with Gasteiger partial charge in [-0.2, -0.15) is 0 Å². The Balaban J connectivity index is 1.15. The van der Waals surface area contributed by atoms with Crippen LogP contribution >= 0.6 is 11.3 Å². The molecule has 0 radical (unpaired) electrons. The van der Waals surface area contributed by atoms with Crippen LogP contribution in [0.3, 0.4) is 0 Å². The number of hydrogen-bond acceptors (Lipinski definition) is 6. The van der Waals surface area contributed by atoms with E-state index in [9.17, 15) is 19.2 Å². The maximum Gasteiger partial charge on any atom is 0.321 e. The Bertz CT molecular complexity index is 998. The van der Waals surface area contributed by atoms with E-state index in [2.05, 4.69) is 5.32 Å². The van der Waals surface area contributed by atoms with Crippen LogP contribution in [0.15, 0.2) is 47.8 Å². The lowest BCUT2D eigenvalue weighted by Gasteiger charge is -2.34. The number of urea groups is 1. The average molecular weight is 485 g/mol. The van der Waals surface area contributed by atoms with E-state index in [1.165, 1.54) is 11.3 Å². The van der Waals surface area contributed by atoms with Crippen molar-refractivity contribution in [3.63, 3.8) is 0 Å². The van der Waals surface area contributed by atoms with Crippen LogP contribution in [0.1, 0.15) is 22.5 Å². The molecule has 34 heavy (non-hydrogen) atoms. The Hall–Kier alpha value is -3.40. The standard InChI is InChI=1S/C24H28N4O5S/c29-21(26-12-14-28(15-13-26)24(32)25-19-5-2-1-3-6-19)17-33-23(31)18-8-10-27(11-9-18)22(30)20-7-4-16-34-20/h1-7,16,18H,8-15,17H2,(H,25,32). The van der Waals surface area contributed by atoms with E-state index in [-0.39, 0.29) is 30.4 Å². The minimum atomic E-state index is -0.391. The van der Waals surface area contributed by atoms with E-state index in [0.717, 1.165) is 5.69 Å². The highest BCUT2D eigenvalue weighted by atomic mass is 32.1. The molecule has 1 aromatic carbocycles. The zero-order valence-corrected chi connectivity index (χ0v) is 19.7. The molecule has 0 unspecified atom stereocenters. The third kappa shape index (κ3) is 5.93. The number of anilines is 1. The first-order chi connectivity index (χ1) is 16.5. The van der Waals surface area contributed by atoms with Gasteiger partial charge in [0.05, 0.1) is 10.8 Å². The molecule has 180 valence electrons. The SMILES string of the molecule is O=C(OCC(=O)N1CCN(C(=O)Nc2ccccc2)CC1)C1CCN(C(=O)c2cccs2)CC1. The van der Waals surface area contributed by atoms with Gasteiger partial charge in [-0.15, -0.1) is 11.3 Å². The Labute approximate surface area is 202 Å². The number of amides is 4. The highest BCUT2D eigenvalue weighted by Gasteiger charge is 2.30. The number of esters is 1. The highest BCUT2D eigenvalue weighted by molar-refractivity contribution is 7.12. The second kappa shape index (κ2) is 11.1. The van der Waals surface area contributed by atoms with Crippen LogP contribution in [0.5, 0.6) is 0 Å². The van der Waals surface area contributed by atoms with Gasteiger partial charge in [-0.05, 0) is 36.4 Å². The van der Waals surface area contributed by atoms with Gasteiger partial charge in [-0.1, -0.05) is 24.3 Å². The summed E-state index contributed by atoms with van der Waals surface area (Å²) in [6, 6.07) is 12.7. The zero-order chi connectivity index (χ0) is 23.9. The number of likely N-dealkylation sites (tertiary alicyclic amines) is 1. The molecule has 2 aliphatic rings. The molecule has 2 saturated heterocycles. The predicted molar refractivity (Wildman–Crippen MR) is 128 cm³/mol. The van der Waals surface area contributed by atoms with Gasteiger partial charge >= 0.3 is 12.0 Å². The van der Waals surface area contributed by atoms with E-state index in [1.54, 1.807) is 20.8 Å². The van der Waals surface area contributed by atoms with E-state index < -0.39 is 5.97 Å². The number of piperidine rings is 1. The third-order valence-corrected chi connectivity index (χ3v) is 6.99. The smallest absolute Gasteiger partial charge is 0.321 e. The number of nitrogens with zero attached hydrogens (tertiary/aromatic N) is 3. The maximum atomic E-state index is 12.5. The van der Waals surface area contributed by atoms with Crippen LogP contribution in [0.4, 0.5) is 10.5 Å². The highest BCUT2D eigenvalue weighted by Crippen LogP contribution is 2.22. The Morgan fingerprint density at radius 3 is 2.18 bits per heavy atom. The number of hydrogen-bond donors (Lipinski definition) is 1. The van der Waals surface area contributed by atoms with Crippen molar-refractivity contribution in [1.29, 1.82) is 0 Å². The van der Waals surface area contributed by atoms with E-state index in [4.69, 9.17) is 4.74 Å². The van der Waals surface area contributed by atoms with E-state index in [0.29, 0.717) is 57.0 Å². The minimum Gasteiger partial charge on any atom is -0.455 e. The first kappa shape index (κ1) is 23.7. The van der Waals surface area contributed by atoms with Gasteiger partial charge in [0.1, 0.15) is 0 Å². The van der Waals surface area contributed by atoms with Crippen LogP contribution in [-0.2, 0) is 14.3 Å². The Kier molecular flexibility index (Phi) is 7.79. The number of carbonyl (C=O) groups excluding carboxylic acids is 4. The molecule has 4 rings (SSSR count). The van der Waals surface area contributed by atoms with Crippen molar-refractivity contribution >= 4 is 40.8 Å². The lowest BCUT2D eigenvalue weighted by atomic mass is 9.97. The van der Waals surface area contributed by atoms with Crippen molar-refractivity contribution in [2.45, 2.75) is 12.8 Å². The van der Waals surface area contributed by atoms with Crippen molar-refractivity contribution in [2.24, 2.45) is 5.92 Å². The van der Waals surface area contributed by atoms with Crippen molar-refractivity contribution in [3.05, 3.63) is 52.7 Å².